The highest BCUT2D eigenvalue weighted by Gasteiger charge is 2.30. The zero-order chi connectivity index (χ0) is 17.5. The lowest BCUT2D eigenvalue weighted by molar-refractivity contribution is 0.330. The maximum Gasteiger partial charge on any atom is 0.267 e. The molecule has 0 saturated carbocycles. The SMILES string of the molecule is O=c1cc2c(nn1CC1CN(c3cc4c(nn3)CCSC4)C1)CCSC2. The molecule has 26 heavy (non-hydrogen) atoms. The summed E-state index contributed by atoms with van der Waals surface area (Å²) in [7, 11) is 0. The van der Waals surface area contributed by atoms with E-state index in [1.807, 2.05) is 23.5 Å². The molecule has 0 bridgehead atoms. The second-order valence-electron chi connectivity index (χ2n) is 7.19. The third kappa shape index (κ3) is 3.13. The summed E-state index contributed by atoms with van der Waals surface area (Å²) in [6, 6.07) is 3.99. The number of hydrogen-bond donors (Lipinski definition) is 0. The third-order valence-corrected chi connectivity index (χ3v) is 7.32. The molecule has 2 aromatic heterocycles. The van der Waals surface area contributed by atoms with Crippen LogP contribution in [0.1, 0.15) is 22.5 Å². The standard InChI is InChI=1S/C18H21N5OS2/c24-18-6-14-11-26-4-2-16(14)21-23(18)9-12-7-22(8-12)17-5-13-10-25-3-1-15(13)19-20-17/h5-6,12H,1-4,7-11H2. The van der Waals surface area contributed by atoms with Crippen LogP contribution in [0.4, 0.5) is 5.82 Å². The zero-order valence-corrected chi connectivity index (χ0v) is 16.2. The van der Waals surface area contributed by atoms with Crippen molar-refractivity contribution in [2.75, 3.05) is 29.5 Å². The van der Waals surface area contributed by atoms with E-state index in [4.69, 9.17) is 0 Å². The molecule has 0 unspecified atom stereocenters. The van der Waals surface area contributed by atoms with Crippen molar-refractivity contribution in [3.63, 3.8) is 0 Å². The van der Waals surface area contributed by atoms with Gasteiger partial charge < -0.3 is 4.90 Å². The molecule has 1 fully saturated rings. The Morgan fingerprint density at radius 3 is 2.54 bits per heavy atom. The molecule has 6 nitrogen and oxygen atoms in total. The van der Waals surface area contributed by atoms with Crippen LogP contribution in [0, 0.1) is 5.92 Å². The lowest BCUT2D eigenvalue weighted by Gasteiger charge is -2.40. The molecule has 5 rings (SSSR count). The van der Waals surface area contributed by atoms with Gasteiger partial charge in [0.25, 0.3) is 5.56 Å². The highest BCUT2D eigenvalue weighted by molar-refractivity contribution is 7.98. The average molecular weight is 388 g/mol. The van der Waals surface area contributed by atoms with Crippen molar-refractivity contribution in [2.45, 2.75) is 30.9 Å². The Morgan fingerprint density at radius 1 is 1.00 bits per heavy atom. The van der Waals surface area contributed by atoms with Gasteiger partial charge in [0.1, 0.15) is 0 Å². The molecule has 136 valence electrons. The van der Waals surface area contributed by atoms with Crippen LogP contribution in [-0.2, 0) is 30.9 Å². The third-order valence-electron chi connectivity index (χ3n) is 5.31. The summed E-state index contributed by atoms with van der Waals surface area (Å²) >= 11 is 3.84. The molecule has 0 N–H and O–H groups in total. The Kier molecular flexibility index (Phi) is 4.40. The van der Waals surface area contributed by atoms with Gasteiger partial charge in [0, 0.05) is 49.4 Å². The Bertz CT molecular complexity index is 894. The van der Waals surface area contributed by atoms with Crippen LogP contribution in [-0.4, -0.2) is 44.6 Å². The highest BCUT2D eigenvalue weighted by Crippen LogP contribution is 2.29. The van der Waals surface area contributed by atoms with Gasteiger partial charge in [-0.3, -0.25) is 4.79 Å². The summed E-state index contributed by atoms with van der Waals surface area (Å²) in [5.74, 6) is 5.64. The second-order valence-corrected chi connectivity index (χ2v) is 9.40. The normalized spacial score (nSPS) is 19.6. The van der Waals surface area contributed by atoms with Gasteiger partial charge in [-0.15, -0.1) is 5.10 Å². The van der Waals surface area contributed by atoms with E-state index in [2.05, 4.69) is 26.3 Å². The summed E-state index contributed by atoms with van der Waals surface area (Å²) in [5.41, 5.74) is 4.76. The fraction of sp³-hybridized carbons (Fsp3) is 0.556. The molecule has 0 spiro atoms. The molecule has 0 amide bonds. The van der Waals surface area contributed by atoms with Crippen LogP contribution < -0.4 is 10.5 Å². The van der Waals surface area contributed by atoms with Crippen molar-refractivity contribution < 1.29 is 0 Å². The number of thioether (sulfide) groups is 2. The van der Waals surface area contributed by atoms with Gasteiger partial charge in [-0.1, -0.05) is 0 Å². The molecule has 2 aromatic rings. The van der Waals surface area contributed by atoms with Crippen molar-refractivity contribution in [2.24, 2.45) is 5.92 Å². The van der Waals surface area contributed by atoms with Gasteiger partial charge in [-0.25, -0.2) is 4.68 Å². The molecule has 1 saturated heterocycles. The number of rotatable bonds is 3. The van der Waals surface area contributed by atoms with Gasteiger partial charge in [0.15, 0.2) is 5.82 Å². The van der Waals surface area contributed by atoms with E-state index < -0.39 is 0 Å². The van der Waals surface area contributed by atoms with E-state index in [-0.39, 0.29) is 5.56 Å². The number of aryl methyl sites for hydroxylation is 2. The van der Waals surface area contributed by atoms with Crippen LogP contribution in [0.3, 0.4) is 0 Å². The molecule has 3 aliphatic rings. The Balaban J connectivity index is 1.26. The Hall–Kier alpha value is -1.54. The first-order valence-electron chi connectivity index (χ1n) is 9.12. The molecular formula is C18H21N5OS2. The fourth-order valence-electron chi connectivity index (χ4n) is 3.79. The Morgan fingerprint density at radius 2 is 1.73 bits per heavy atom. The van der Waals surface area contributed by atoms with Gasteiger partial charge in [0.05, 0.1) is 17.9 Å². The maximum atomic E-state index is 12.3. The van der Waals surface area contributed by atoms with E-state index in [1.54, 1.807) is 10.7 Å². The molecule has 0 aliphatic carbocycles. The van der Waals surface area contributed by atoms with Gasteiger partial charge >= 0.3 is 0 Å². The topological polar surface area (TPSA) is 63.9 Å². The molecule has 3 aliphatic heterocycles. The molecule has 5 heterocycles. The molecule has 0 aromatic carbocycles. The summed E-state index contributed by atoms with van der Waals surface area (Å²) in [4.78, 5) is 14.6. The minimum atomic E-state index is 0.0373. The number of hydrogen-bond acceptors (Lipinski definition) is 7. The van der Waals surface area contributed by atoms with Gasteiger partial charge in [0.2, 0.25) is 0 Å². The zero-order valence-electron chi connectivity index (χ0n) is 14.6. The number of fused-ring (bicyclic) bond motifs is 2. The van der Waals surface area contributed by atoms with Crippen LogP contribution in [0.5, 0.6) is 0 Å². The van der Waals surface area contributed by atoms with E-state index in [9.17, 15) is 4.79 Å². The Labute approximate surface area is 160 Å². The minimum Gasteiger partial charge on any atom is -0.354 e. The predicted molar refractivity (Wildman–Crippen MR) is 106 cm³/mol. The van der Waals surface area contributed by atoms with E-state index in [0.29, 0.717) is 12.5 Å². The average Bonchev–Trinajstić information content (AvgIpc) is 2.64. The summed E-state index contributed by atoms with van der Waals surface area (Å²) < 4.78 is 1.67. The molecular weight excluding hydrogens is 366 g/mol. The van der Waals surface area contributed by atoms with Crippen molar-refractivity contribution >= 4 is 29.3 Å². The van der Waals surface area contributed by atoms with Crippen LogP contribution in [0.15, 0.2) is 16.9 Å². The molecule has 0 atom stereocenters. The summed E-state index contributed by atoms with van der Waals surface area (Å²) in [6.07, 6.45) is 2.00. The minimum absolute atomic E-state index is 0.0373. The summed E-state index contributed by atoms with van der Waals surface area (Å²) in [5, 5.41) is 13.5. The van der Waals surface area contributed by atoms with Gasteiger partial charge in [-0.05, 0) is 28.7 Å². The molecule has 8 heteroatoms. The van der Waals surface area contributed by atoms with Crippen molar-refractivity contribution in [3.8, 4) is 0 Å². The quantitative estimate of drug-likeness (QED) is 0.795. The van der Waals surface area contributed by atoms with Crippen molar-refractivity contribution in [3.05, 3.63) is 45.0 Å². The predicted octanol–water partition coefficient (Wildman–Crippen LogP) is 1.75. The second kappa shape index (κ2) is 6.88. The van der Waals surface area contributed by atoms with Crippen LogP contribution >= 0.6 is 23.5 Å². The van der Waals surface area contributed by atoms with E-state index in [0.717, 1.165) is 71.7 Å². The van der Waals surface area contributed by atoms with E-state index in [1.165, 1.54) is 5.56 Å². The van der Waals surface area contributed by atoms with Crippen LogP contribution in [0.25, 0.3) is 0 Å². The first kappa shape index (κ1) is 16.6. The maximum absolute atomic E-state index is 12.3. The summed E-state index contributed by atoms with van der Waals surface area (Å²) in [6.45, 7) is 2.54. The highest BCUT2D eigenvalue weighted by atomic mass is 32.2. The van der Waals surface area contributed by atoms with Gasteiger partial charge in [-0.2, -0.15) is 33.7 Å². The number of aromatic nitrogens is 4. The first-order valence-corrected chi connectivity index (χ1v) is 11.4. The fourth-order valence-corrected chi connectivity index (χ4v) is 5.69. The lowest BCUT2D eigenvalue weighted by atomic mass is 10.00. The van der Waals surface area contributed by atoms with Crippen molar-refractivity contribution in [1.29, 1.82) is 0 Å². The van der Waals surface area contributed by atoms with Crippen LogP contribution in [0.2, 0.25) is 0 Å². The van der Waals surface area contributed by atoms with E-state index >= 15 is 0 Å². The smallest absolute Gasteiger partial charge is 0.267 e. The lowest BCUT2D eigenvalue weighted by Crippen LogP contribution is -2.50. The largest absolute Gasteiger partial charge is 0.354 e. The monoisotopic (exact) mass is 387 g/mol. The molecule has 0 radical (unpaired) electrons. The number of anilines is 1. The van der Waals surface area contributed by atoms with Crippen molar-refractivity contribution in [1.82, 2.24) is 20.0 Å². The first-order chi connectivity index (χ1) is 12.8. The number of nitrogens with zero attached hydrogens (tertiary/aromatic N) is 5.